The number of para-hydroxylation sites is 1. The number of benzene rings is 1. The summed E-state index contributed by atoms with van der Waals surface area (Å²) in [7, 11) is 0. The number of hydrogen-bond acceptors (Lipinski definition) is 3. The highest BCUT2D eigenvalue weighted by Crippen LogP contribution is 2.19. The smallest absolute Gasteiger partial charge is 0.321 e. The van der Waals surface area contributed by atoms with Crippen LogP contribution < -0.4 is 5.32 Å². The van der Waals surface area contributed by atoms with E-state index in [2.05, 4.69) is 10.3 Å². The number of furan rings is 1. The van der Waals surface area contributed by atoms with E-state index >= 15 is 0 Å². The SMILES string of the molecule is O=C(O)[C@H](Cc1c[nH]c2ccccc12)NC/C=C\c1ccco1. The van der Waals surface area contributed by atoms with Crippen LogP contribution in [0.5, 0.6) is 0 Å². The second kappa shape index (κ2) is 6.98. The summed E-state index contributed by atoms with van der Waals surface area (Å²) >= 11 is 0. The molecule has 1 atom stereocenters. The number of H-pyrrole nitrogens is 1. The van der Waals surface area contributed by atoms with Gasteiger partial charge in [-0.2, -0.15) is 0 Å². The van der Waals surface area contributed by atoms with E-state index in [1.807, 2.05) is 54.7 Å². The van der Waals surface area contributed by atoms with Crippen LogP contribution in [0, 0.1) is 0 Å². The highest BCUT2D eigenvalue weighted by atomic mass is 16.4. The van der Waals surface area contributed by atoms with Crippen molar-refractivity contribution >= 4 is 22.9 Å². The monoisotopic (exact) mass is 310 g/mol. The Labute approximate surface area is 133 Å². The third-order valence-corrected chi connectivity index (χ3v) is 3.70. The normalized spacial score (nSPS) is 12.9. The molecule has 0 unspecified atom stereocenters. The Morgan fingerprint density at radius 2 is 2.17 bits per heavy atom. The van der Waals surface area contributed by atoms with Gasteiger partial charge < -0.3 is 19.8 Å². The van der Waals surface area contributed by atoms with Gasteiger partial charge in [-0.3, -0.25) is 4.79 Å². The number of carboxylic acid groups (broad SMARTS) is 1. The van der Waals surface area contributed by atoms with E-state index < -0.39 is 12.0 Å². The van der Waals surface area contributed by atoms with E-state index in [0.29, 0.717) is 13.0 Å². The van der Waals surface area contributed by atoms with Crippen LogP contribution in [0.1, 0.15) is 11.3 Å². The molecule has 0 aliphatic heterocycles. The number of aromatic amines is 1. The molecule has 0 aliphatic carbocycles. The fourth-order valence-corrected chi connectivity index (χ4v) is 2.54. The molecular formula is C18H18N2O3. The van der Waals surface area contributed by atoms with Gasteiger partial charge in [0, 0.05) is 30.1 Å². The van der Waals surface area contributed by atoms with Crippen molar-refractivity contribution in [1.29, 1.82) is 0 Å². The second-order valence-electron chi connectivity index (χ2n) is 5.28. The van der Waals surface area contributed by atoms with E-state index in [1.165, 1.54) is 0 Å². The Morgan fingerprint density at radius 1 is 1.30 bits per heavy atom. The largest absolute Gasteiger partial charge is 0.480 e. The zero-order valence-electron chi connectivity index (χ0n) is 12.5. The van der Waals surface area contributed by atoms with Crippen LogP contribution >= 0.6 is 0 Å². The van der Waals surface area contributed by atoms with Crippen LogP contribution in [0.25, 0.3) is 17.0 Å². The molecule has 0 aliphatic rings. The molecule has 118 valence electrons. The van der Waals surface area contributed by atoms with Crippen molar-refractivity contribution in [2.45, 2.75) is 12.5 Å². The van der Waals surface area contributed by atoms with Crippen molar-refractivity contribution < 1.29 is 14.3 Å². The van der Waals surface area contributed by atoms with Crippen molar-refractivity contribution in [3.63, 3.8) is 0 Å². The molecular weight excluding hydrogens is 292 g/mol. The lowest BCUT2D eigenvalue weighted by Gasteiger charge is -2.12. The second-order valence-corrected chi connectivity index (χ2v) is 5.28. The van der Waals surface area contributed by atoms with Crippen molar-refractivity contribution in [3.05, 3.63) is 66.3 Å². The third kappa shape index (κ3) is 3.70. The summed E-state index contributed by atoms with van der Waals surface area (Å²) in [5.41, 5.74) is 2.01. The Kier molecular flexibility index (Phi) is 4.59. The molecule has 1 aromatic carbocycles. The Bertz CT molecular complexity index is 803. The van der Waals surface area contributed by atoms with Crippen molar-refractivity contribution in [2.75, 3.05) is 6.54 Å². The number of nitrogens with one attached hydrogen (secondary N) is 2. The van der Waals surface area contributed by atoms with Crippen molar-refractivity contribution in [2.24, 2.45) is 0 Å². The first-order chi connectivity index (χ1) is 11.2. The molecule has 2 heterocycles. The van der Waals surface area contributed by atoms with Gasteiger partial charge in [-0.15, -0.1) is 0 Å². The van der Waals surface area contributed by atoms with E-state index in [0.717, 1.165) is 22.2 Å². The zero-order valence-corrected chi connectivity index (χ0v) is 12.5. The lowest BCUT2D eigenvalue weighted by atomic mass is 10.1. The Hall–Kier alpha value is -2.79. The van der Waals surface area contributed by atoms with Gasteiger partial charge in [0.2, 0.25) is 0 Å². The number of aromatic nitrogens is 1. The molecule has 0 fully saturated rings. The minimum atomic E-state index is -0.860. The summed E-state index contributed by atoms with van der Waals surface area (Å²) in [6.07, 6.45) is 7.57. The maximum absolute atomic E-state index is 11.5. The van der Waals surface area contributed by atoms with Crippen LogP contribution in [-0.4, -0.2) is 28.6 Å². The maximum Gasteiger partial charge on any atom is 0.321 e. The summed E-state index contributed by atoms with van der Waals surface area (Å²) in [4.78, 5) is 14.6. The van der Waals surface area contributed by atoms with Crippen LogP contribution in [0.3, 0.4) is 0 Å². The number of rotatable bonds is 7. The molecule has 23 heavy (non-hydrogen) atoms. The van der Waals surface area contributed by atoms with Gasteiger partial charge in [0.15, 0.2) is 0 Å². The van der Waals surface area contributed by atoms with Gasteiger partial charge in [-0.1, -0.05) is 24.3 Å². The van der Waals surface area contributed by atoms with Gasteiger partial charge in [-0.05, 0) is 29.8 Å². The highest BCUT2D eigenvalue weighted by molar-refractivity contribution is 5.84. The molecule has 5 heteroatoms. The molecule has 0 bridgehead atoms. The summed E-state index contributed by atoms with van der Waals surface area (Å²) in [5, 5.41) is 13.5. The Balaban J connectivity index is 1.64. The zero-order chi connectivity index (χ0) is 16.1. The first kappa shape index (κ1) is 15.1. The maximum atomic E-state index is 11.5. The summed E-state index contributed by atoms with van der Waals surface area (Å²) in [6.45, 7) is 0.458. The van der Waals surface area contributed by atoms with Gasteiger partial charge in [-0.25, -0.2) is 0 Å². The van der Waals surface area contributed by atoms with Gasteiger partial charge in [0.05, 0.1) is 6.26 Å². The van der Waals surface area contributed by atoms with E-state index in [-0.39, 0.29) is 0 Å². The molecule has 0 spiro atoms. The minimum absolute atomic E-state index is 0.425. The van der Waals surface area contributed by atoms with Crippen LogP contribution in [0.4, 0.5) is 0 Å². The van der Waals surface area contributed by atoms with E-state index in [1.54, 1.807) is 6.26 Å². The van der Waals surface area contributed by atoms with Crippen molar-refractivity contribution in [3.8, 4) is 0 Å². The molecule has 3 rings (SSSR count). The predicted molar refractivity (Wildman–Crippen MR) is 89.2 cm³/mol. The molecule has 2 aromatic heterocycles. The lowest BCUT2D eigenvalue weighted by molar-refractivity contribution is -0.139. The Morgan fingerprint density at radius 3 is 2.96 bits per heavy atom. The first-order valence-electron chi connectivity index (χ1n) is 7.45. The molecule has 0 saturated carbocycles. The van der Waals surface area contributed by atoms with Gasteiger partial charge in [0.1, 0.15) is 11.8 Å². The molecule has 0 radical (unpaired) electrons. The number of hydrogen-bond donors (Lipinski definition) is 3. The number of aliphatic carboxylic acids is 1. The predicted octanol–water partition coefficient (Wildman–Crippen LogP) is 3.06. The standard InChI is InChI=1S/C18H18N2O3/c21-18(22)17(19-9-3-5-14-6-4-10-23-14)11-13-12-20-16-8-2-1-7-15(13)16/h1-8,10,12,17,19-20H,9,11H2,(H,21,22)/b5-3-/t17-/m0/s1. The molecule has 0 saturated heterocycles. The number of carbonyl (C=O) groups is 1. The average molecular weight is 310 g/mol. The van der Waals surface area contributed by atoms with Crippen molar-refractivity contribution in [1.82, 2.24) is 10.3 Å². The fraction of sp³-hybridized carbons (Fsp3) is 0.167. The topological polar surface area (TPSA) is 78.3 Å². The van der Waals surface area contributed by atoms with Crippen LogP contribution in [-0.2, 0) is 11.2 Å². The quantitative estimate of drug-likeness (QED) is 0.627. The molecule has 5 nitrogen and oxygen atoms in total. The van der Waals surface area contributed by atoms with Gasteiger partial charge >= 0.3 is 5.97 Å². The van der Waals surface area contributed by atoms with Crippen LogP contribution in [0.15, 0.2) is 59.4 Å². The molecule has 0 amide bonds. The number of fused-ring (bicyclic) bond motifs is 1. The average Bonchev–Trinajstić information content (AvgIpc) is 3.20. The third-order valence-electron chi connectivity index (χ3n) is 3.70. The lowest BCUT2D eigenvalue weighted by Crippen LogP contribution is -2.38. The summed E-state index contributed by atoms with van der Waals surface area (Å²) < 4.78 is 5.19. The van der Waals surface area contributed by atoms with E-state index in [4.69, 9.17) is 4.42 Å². The van der Waals surface area contributed by atoms with E-state index in [9.17, 15) is 9.90 Å². The van der Waals surface area contributed by atoms with Crippen LogP contribution in [0.2, 0.25) is 0 Å². The summed E-state index contributed by atoms with van der Waals surface area (Å²) in [6, 6.07) is 10.9. The molecule has 3 aromatic rings. The fourth-order valence-electron chi connectivity index (χ4n) is 2.54. The molecule has 3 N–H and O–H groups in total. The number of carboxylic acids is 1. The minimum Gasteiger partial charge on any atom is -0.480 e. The summed E-state index contributed by atoms with van der Waals surface area (Å²) in [5.74, 6) is -0.114. The van der Waals surface area contributed by atoms with Gasteiger partial charge in [0.25, 0.3) is 0 Å². The first-order valence-corrected chi connectivity index (χ1v) is 7.45. The highest BCUT2D eigenvalue weighted by Gasteiger charge is 2.18.